The van der Waals surface area contributed by atoms with Crippen LogP contribution < -0.4 is 0 Å². The highest BCUT2D eigenvalue weighted by molar-refractivity contribution is 7.90. The molecule has 1 rings (SSSR count). The van der Waals surface area contributed by atoms with Crippen molar-refractivity contribution in [2.75, 3.05) is 6.26 Å². The van der Waals surface area contributed by atoms with Gasteiger partial charge >= 0.3 is 0 Å². The van der Waals surface area contributed by atoms with Crippen LogP contribution in [0.4, 0.5) is 5.69 Å². The predicted octanol–water partition coefficient (Wildman–Crippen LogP) is 1.06. The number of hydrogen-bond acceptors (Lipinski definition) is 5. The second-order valence-electron chi connectivity index (χ2n) is 3.15. The Kier molecular flexibility index (Phi) is 3.25. The Balaban J connectivity index is 3.41. The largest absolute Gasteiger partial charge is 0.274 e. The van der Waals surface area contributed by atoms with Crippen molar-refractivity contribution in [2.24, 2.45) is 0 Å². The second-order valence-corrected chi connectivity index (χ2v) is 5.17. The Hall–Kier alpha value is -1.94. The number of nitro benzene ring substituents is 1. The summed E-state index contributed by atoms with van der Waals surface area (Å²) in [7, 11) is -3.48. The molecular weight excluding hydrogens is 232 g/mol. The van der Waals surface area contributed by atoms with Crippen molar-refractivity contribution >= 4 is 15.5 Å². The van der Waals surface area contributed by atoms with Gasteiger partial charge in [-0.25, -0.2) is 8.42 Å². The molecule has 0 saturated heterocycles. The Morgan fingerprint density at radius 3 is 2.56 bits per heavy atom. The summed E-state index contributed by atoms with van der Waals surface area (Å²) in [5, 5.41) is 19.1. The first-order valence-electron chi connectivity index (χ1n) is 4.20. The van der Waals surface area contributed by atoms with Gasteiger partial charge in [0, 0.05) is 17.9 Å². The fourth-order valence-electron chi connectivity index (χ4n) is 1.18. The molecule has 0 fully saturated rings. The van der Waals surface area contributed by atoms with Crippen molar-refractivity contribution in [1.82, 2.24) is 0 Å². The van der Waals surface area contributed by atoms with Crippen LogP contribution in [0.2, 0.25) is 0 Å². The van der Waals surface area contributed by atoms with Crippen LogP contribution in [0.5, 0.6) is 0 Å². The molecule has 0 aliphatic heterocycles. The summed E-state index contributed by atoms with van der Waals surface area (Å²) in [6, 6.07) is 5.31. The van der Waals surface area contributed by atoms with Crippen LogP contribution in [-0.2, 0) is 16.3 Å². The van der Waals surface area contributed by atoms with E-state index in [4.69, 9.17) is 5.26 Å². The molecule has 0 amide bonds. The van der Waals surface area contributed by atoms with E-state index in [1.54, 1.807) is 6.07 Å². The van der Waals surface area contributed by atoms with Crippen LogP contribution in [0.1, 0.15) is 5.56 Å². The summed E-state index contributed by atoms with van der Waals surface area (Å²) in [5.41, 5.74) is -0.135. The molecule has 0 spiro atoms. The van der Waals surface area contributed by atoms with Crippen LogP contribution >= 0.6 is 0 Å². The quantitative estimate of drug-likeness (QED) is 0.580. The summed E-state index contributed by atoms with van der Waals surface area (Å²) < 4.78 is 22.4. The predicted molar refractivity (Wildman–Crippen MR) is 55.5 cm³/mol. The van der Waals surface area contributed by atoms with Gasteiger partial charge in [0.25, 0.3) is 5.69 Å². The zero-order chi connectivity index (χ0) is 12.3. The highest BCUT2D eigenvalue weighted by Crippen LogP contribution is 2.23. The van der Waals surface area contributed by atoms with Crippen LogP contribution in [-0.4, -0.2) is 19.6 Å². The second kappa shape index (κ2) is 4.28. The average Bonchev–Trinajstić information content (AvgIpc) is 2.16. The van der Waals surface area contributed by atoms with E-state index < -0.39 is 14.8 Å². The maximum atomic E-state index is 11.2. The third-order valence-electron chi connectivity index (χ3n) is 1.95. The lowest BCUT2D eigenvalue weighted by molar-refractivity contribution is -0.385. The van der Waals surface area contributed by atoms with E-state index in [0.29, 0.717) is 0 Å². The van der Waals surface area contributed by atoms with Gasteiger partial charge in [0.2, 0.25) is 0 Å². The standard InChI is InChI=1S/C9H8N2O4S/c1-16(14,15)8-3-2-7(4-5-10)9(6-8)11(12)13/h2-3,6H,4H2,1H3. The van der Waals surface area contributed by atoms with Crippen molar-refractivity contribution in [3.8, 4) is 6.07 Å². The van der Waals surface area contributed by atoms with Gasteiger partial charge in [-0.2, -0.15) is 5.26 Å². The van der Waals surface area contributed by atoms with Gasteiger partial charge in [0.1, 0.15) is 0 Å². The molecular formula is C9H8N2O4S. The number of nitriles is 1. The minimum Gasteiger partial charge on any atom is -0.258 e. The zero-order valence-corrected chi connectivity index (χ0v) is 9.19. The van der Waals surface area contributed by atoms with Crippen LogP contribution in [0, 0.1) is 21.4 Å². The molecule has 0 radical (unpaired) electrons. The summed E-state index contributed by atoms with van der Waals surface area (Å²) >= 11 is 0. The fourth-order valence-corrected chi connectivity index (χ4v) is 1.82. The van der Waals surface area contributed by atoms with Gasteiger partial charge in [0.15, 0.2) is 9.84 Å². The molecule has 0 saturated carbocycles. The Morgan fingerprint density at radius 1 is 1.50 bits per heavy atom. The number of rotatable bonds is 3. The first kappa shape index (κ1) is 12.1. The normalized spacial score (nSPS) is 10.8. The first-order valence-corrected chi connectivity index (χ1v) is 6.09. The lowest BCUT2D eigenvalue weighted by atomic mass is 10.1. The third kappa shape index (κ3) is 2.55. The smallest absolute Gasteiger partial charge is 0.258 e. The topological polar surface area (TPSA) is 101 Å². The van der Waals surface area contributed by atoms with Gasteiger partial charge in [-0.3, -0.25) is 10.1 Å². The van der Waals surface area contributed by atoms with E-state index in [0.717, 1.165) is 12.3 Å². The third-order valence-corrected chi connectivity index (χ3v) is 3.06. The molecule has 0 N–H and O–H groups in total. The number of sulfone groups is 1. The number of nitrogens with zero attached hydrogens (tertiary/aromatic N) is 2. The number of hydrogen-bond donors (Lipinski definition) is 0. The molecule has 6 nitrogen and oxygen atoms in total. The lowest BCUT2D eigenvalue weighted by Gasteiger charge is -2.01. The van der Waals surface area contributed by atoms with Gasteiger partial charge in [0.05, 0.1) is 22.3 Å². The van der Waals surface area contributed by atoms with Crippen LogP contribution in [0.3, 0.4) is 0 Å². The summed E-state index contributed by atoms with van der Waals surface area (Å²) in [6.07, 6.45) is 0.844. The summed E-state index contributed by atoms with van der Waals surface area (Å²) in [6.45, 7) is 0. The maximum Gasteiger partial charge on any atom is 0.274 e. The Bertz CT molecular complexity index is 572. The monoisotopic (exact) mass is 240 g/mol. The van der Waals surface area contributed by atoms with Gasteiger partial charge < -0.3 is 0 Å². The van der Waals surface area contributed by atoms with E-state index in [9.17, 15) is 18.5 Å². The van der Waals surface area contributed by atoms with Crippen molar-refractivity contribution in [3.63, 3.8) is 0 Å². The molecule has 0 atom stereocenters. The fraction of sp³-hybridized carbons (Fsp3) is 0.222. The highest BCUT2D eigenvalue weighted by Gasteiger charge is 2.17. The van der Waals surface area contributed by atoms with Crippen molar-refractivity contribution < 1.29 is 13.3 Å². The van der Waals surface area contributed by atoms with Crippen molar-refractivity contribution in [1.29, 1.82) is 5.26 Å². The molecule has 1 aromatic rings. The Morgan fingerprint density at radius 2 is 2.12 bits per heavy atom. The average molecular weight is 240 g/mol. The molecule has 0 unspecified atom stereocenters. The molecule has 1 aromatic carbocycles. The molecule has 0 bridgehead atoms. The van der Waals surface area contributed by atoms with E-state index >= 15 is 0 Å². The molecule has 0 aliphatic rings. The first-order chi connectivity index (χ1) is 7.36. The zero-order valence-electron chi connectivity index (χ0n) is 8.37. The SMILES string of the molecule is CS(=O)(=O)c1ccc(CC#N)c([N+](=O)[O-])c1. The molecule has 16 heavy (non-hydrogen) atoms. The van der Waals surface area contributed by atoms with E-state index in [2.05, 4.69) is 0 Å². The summed E-state index contributed by atoms with van der Waals surface area (Å²) in [5.74, 6) is 0. The van der Waals surface area contributed by atoms with E-state index in [1.165, 1.54) is 12.1 Å². The van der Waals surface area contributed by atoms with E-state index in [1.807, 2.05) is 0 Å². The van der Waals surface area contributed by atoms with Crippen molar-refractivity contribution in [2.45, 2.75) is 11.3 Å². The molecule has 0 aromatic heterocycles. The van der Waals surface area contributed by atoms with Crippen LogP contribution in [0.15, 0.2) is 23.1 Å². The Labute approximate surface area is 92.2 Å². The highest BCUT2D eigenvalue weighted by atomic mass is 32.2. The summed E-state index contributed by atoms with van der Waals surface area (Å²) in [4.78, 5) is 9.86. The lowest BCUT2D eigenvalue weighted by Crippen LogP contribution is -2.01. The van der Waals surface area contributed by atoms with Crippen LogP contribution in [0.25, 0.3) is 0 Å². The molecule has 84 valence electrons. The van der Waals surface area contributed by atoms with E-state index in [-0.39, 0.29) is 22.6 Å². The minimum atomic E-state index is -3.48. The molecule has 0 heterocycles. The minimum absolute atomic E-state index is 0.124. The molecule has 7 heteroatoms. The maximum absolute atomic E-state index is 11.2. The number of benzene rings is 1. The molecule has 0 aliphatic carbocycles. The van der Waals surface area contributed by atoms with Gasteiger partial charge in [-0.05, 0) is 12.1 Å². The van der Waals surface area contributed by atoms with Gasteiger partial charge in [-0.15, -0.1) is 0 Å². The number of nitro groups is 1. The van der Waals surface area contributed by atoms with Crippen molar-refractivity contribution in [3.05, 3.63) is 33.9 Å². The van der Waals surface area contributed by atoms with Gasteiger partial charge in [-0.1, -0.05) is 0 Å².